The third-order valence-corrected chi connectivity index (χ3v) is 1.39. The molecule has 4 nitrogen and oxygen atoms in total. The molecule has 0 aliphatic rings. The molecule has 2 N–H and O–H groups in total. The molecule has 64 valence electrons. The summed E-state index contributed by atoms with van der Waals surface area (Å²) in [6, 6.07) is 3.19. The number of hydrogen-bond acceptors (Lipinski definition) is 3. The molecule has 0 atom stereocenters. The summed E-state index contributed by atoms with van der Waals surface area (Å²) in [4.78, 5) is 14.7. The highest BCUT2D eigenvalue weighted by molar-refractivity contribution is 5.92. The molecule has 4 heteroatoms. The Morgan fingerprint density at radius 3 is 3.08 bits per heavy atom. The summed E-state index contributed by atoms with van der Waals surface area (Å²) in [5, 5.41) is 0. The molecule has 0 aliphatic heterocycles. The first kappa shape index (κ1) is 8.67. The Bertz CT molecular complexity index is 286. The second kappa shape index (κ2) is 3.82. The summed E-state index contributed by atoms with van der Waals surface area (Å²) >= 11 is 0. The lowest BCUT2D eigenvalue weighted by Crippen LogP contribution is -2.11. The van der Waals surface area contributed by atoms with Crippen LogP contribution >= 0.6 is 0 Å². The van der Waals surface area contributed by atoms with Gasteiger partial charge in [-0.3, -0.25) is 9.78 Å². The monoisotopic (exact) mass is 166 g/mol. The minimum Gasteiger partial charge on any atom is -0.378 e. The smallest absolute Gasteiger partial charge is 0.248 e. The number of pyridine rings is 1. The van der Waals surface area contributed by atoms with Crippen LogP contribution in [0.2, 0.25) is 0 Å². The van der Waals surface area contributed by atoms with Crippen molar-refractivity contribution in [1.29, 1.82) is 0 Å². The van der Waals surface area contributed by atoms with E-state index in [0.717, 1.165) is 0 Å². The van der Waals surface area contributed by atoms with Crippen molar-refractivity contribution in [2.45, 2.75) is 6.61 Å². The minimum atomic E-state index is -0.449. The van der Waals surface area contributed by atoms with E-state index in [0.29, 0.717) is 17.9 Å². The molecule has 0 fully saturated rings. The maximum absolute atomic E-state index is 10.7. The fraction of sp³-hybridized carbons (Fsp3) is 0.250. The molecule has 0 saturated heterocycles. The largest absolute Gasteiger partial charge is 0.378 e. The van der Waals surface area contributed by atoms with E-state index in [1.54, 1.807) is 19.2 Å². The van der Waals surface area contributed by atoms with Gasteiger partial charge >= 0.3 is 0 Å². The number of amides is 1. The number of carbonyl (C=O) groups is 1. The first-order chi connectivity index (χ1) is 5.74. The first-order valence-corrected chi connectivity index (χ1v) is 3.47. The molecule has 1 rings (SSSR count). The van der Waals surface area contributed by atoms with Gasteiger partial charge < -0.3 is 10.5 Å². The lowest BCUT2D eigenvalue weighted by atomic mass is 10.2. The second-order valence-electron chi connectivity index (χ2n) is 2.33. The van der Waals surface area contributed by atoms with E-state index in [1.165, 1.54) is 6.20 Å². The lowest BCUT2D eigenvalue weighted by molar-refractivity contribution is 0.0999. The van der Waals surface area contributed by atoms with Crippen LogP contribution in [0.4, 0.5) is 0 Å². The van der Waals surface area contributed by atoms with Crippen LogP contribution in [0.15, 0.2) is 18.3 Å². The van der Waals surface area contributed by atoms with Gasteiger partial charge in [-0.1, -0.05) is 0 Å². The van der Waals surface area contributed by atoms with Crippen LogP contribution in [-0.2, 0) is 11.3 Å². The van der Waals surface area contributed by atoms with Crippen molar-refractivity contribution < 1.29 is 9.53 Å². The highest BCUT2D eigenvalue weighted by Gasteiger charge is 2.00. The Labute approximate surface area is 70.4 Å². The zero-order valence-electron chi connectivity index (χ0n) is 6.78. The van der Waals surface area contributed by atoms with E-state index in [2.05, 4.69) is 4.98 Å². The summed E-state index contributed by atoms with van der Waals surface area (Å²) < 4.78 is 4.85. The lowest BCUT2D eigenvalue weighted by Gasteiger charge is -1.99. The average Bonchev–Trinajstić information content (AvgIpc) is 2.05. The number of methoxy groups -OCH3 is 1. The van der Waals surface area contributed by atoms with Crippen molar-refractivity contribution in [1.82, 2.24) is 4.98 Å². The predicted molar refractivity (Wildman–Crippen MR) is 43.5 cm³/mol. The molecule has 12 heavy (non-hydrogen) atoms. The number of nitrogens with two attached hydrogens (primary N) is 1. The molecule has 1 aromatic heterocycles. The molecule has 1 amide bonds. The Kier molecular flexibility index (Phi) is 2.76. The van der Waals surface area contributed by atoms with Crippen LogP contribution in [0.5, 0.6) is 0 Å². The van der Waals surface area contributed by atoms with E-state index in [1.807, 2.05) is 0 Å². The van der Waals surface area contributed by atoms with Crippen molar-refractivity contribution >= 4 is 5.91 Å². The van der Waals surface area contributed by atoms with Gasteiger partial charge in [0.05, 0.1) is 12.3 Å². The van der Waals surface area contributed by atoms with Crippen LogP contribution < -0.4 is 5.73 Å². The van der Waals surface area contributed by atoms with Gasteiger partial charge in [0.25, 0.3) is 0 Å². The molecule has 0 spiro atoms. The molecular weight excluding hydrogens is 156 g/mol. The van der Waals surface area contributed by atoms with Crippen molar-refractivity contribution in [2.75, 3.05) is 7.11 Å². The molecule has 0 aromatic carbocycles. The topological polar surface area (TPSA) is 65.2 Å². The van der Waals surface area contributed by atoms with E-state index in [-0.39, 0.29) is 0 Å². The number of carbonyl (C=O) groups excluding carboxylic acids is 1. The molecular formula is C8H10N2O2. The molecule has 0 aliphatic carbocycles. The van der Waals surface area contributed by atoms with Gasteiger partial charge in [0.1, 0.15) is 0 Å². The van der Waals surface area contributed by atoms with Crippen LogP contribution in [0.3, 0.4) is 0 Å². The number of rotatable bonds is 3. The second-order valence-corrected chi connectivity index (χ2v) is 2.33. The number of primary amides is 1. The molecule has 1 heterocycles. The molecule has 0 saturated carbocycles. The van der Waals surface area contributed by atoms with Gasteiger partial charge in [0.15, 0.2) is 0 Å². The third kappa shape index (κ3) is 2.03. The third-order valence-electron chi connectivity index (χ3n) is 1.39. The van der Waals surface area contributed by atoms with E-state index in [4.69, 9.17) is 10.5 Å². The standard InChI is InChI=1S/C8H10N2O2/c1-12-5-7-4-6(8(9)11)2-3-10-7/h2-4H,5H2,1H3,(H2,9,11). The van der Waals surface area contributed by atoms with E-state index in [9.17, 15) is 4.79 Å². The van der Waals surface area contributed by atoms with Crippen LogP contribution in [0.1, 0.15) is 16.1 Å². The van der Waals surface area contributed by atoms with Crippen molar-refractivity contribution in [3.8, 4) is 0 Å². The van der Waals surface area contributed by atoms with Crippen molar-refractivity contribution in [2.24, 2.45) is 5.73 Å². The first-order valence-electron chi connectivity index (χ1n) is 3.47. The summed E-state index contributed by atoms with van der Waals surface area (Å²) in [5.41, 5.74) is 6.23. The summed E-state index contributed by atoms with van der Waals surface area (Å²) in [7, 11) is 1.57. The minimum absolute atomic E-state index is 0.390. The van der Waals surface area contributed by atoms with Crippen molar-refractivity contribution in [3.63, 3.8) is 0 Å². The summed E-state index contributed by atoms with van der Waals surface area (Å²) in [6.07, 6.45) is 1.54. The van der Waals surface area contributed by atoms with Crippen LogP contribution in [0, 0.1) is 0 Å². The maximum Gasteiger partial charge on any atom is 0.248 e. The zero-order chi connectivity index (χ0) is 8.97. The van der Waals surface area contributed by atoms with Gasteiger partial charge in [-0.2, -0.15) is 0 Å². The van der Waals surface area contributed by atoms with Gasteiger partial charge in [0, 0.05) is 18.9 Å². The summed E-state index contributed by atoms with van der Waals surface area (Å²) in [6.45, 7) is 0.390. The quantitative estimate of drug-likeness (QED) is 0.703. The fourth-order valence-electron chi connectivity index (χ4n) is 0.858. The Morgan fingerprint density at radius 2 is 2.50 bits per heavy atom. The van der Waals surface area contributed by atoms with E-state index >= 15 is 0 Å². The van der Waals surface area contributed by atoms with Gasteiger partial charge in [-0.25, -0.2) is 0 Å². The van der Waals surface area contributed by atoms with Gasteiger partial charge in [-0.05, 0) is 12.1 Å². The number of nitrogens with zero attached hydrogens (tertiary/aromatic N) is 1. The van der Waals surface area contributed by atoms with Crippen LogP contribution in [0.25, 0.3) is 0 Å². The Balaban J connectivity index is 2.88. The van der Waals surface area contributed by atoms with Crippen molar-refractivity contribution in [3.05, 3.63) is 29.6 Å². The Hall–Kier alpha value is -1.42. The highest BCUT2D eigenvalue weighted by atomic mass is 16.5. The SMILES string of the molecule is COCc1cc(C(N)=O)ccn1. The van der Waals surface area contributed by atoms with Gasteiger partial charge in [0.2, 0.25) is 5.91 Å². The Morgan fingerprint density at radius 1 is 1.75 bits per heavy atom. The van der Waals surface area contributed by atoms with Crippen LogP contribution in [-0.4, -0.2) is 18.0 Å². The predicted octanol–water partition coefficient (Wildman–Crippen LogP) is 0.327. The number of aromatic nitrogens is 1. The molecule has 0 radical (unpaired) electrons. The number of hydrogen-bond donors (Lipinski definition) is 1. The maximum atomic E-state index is 10.7. The molecule has 0 bridgehead atoms. The average molecular weight is 166 g/mol. The summed E-state index contributed by atoms with van der Waals surface area (Å²) in [5.74, 6) is -0.449. The van der Waals surface area contributed by atoms with Gasteiger partial charge in [-0.15, -0.1) is 0 Å². The normalized spacial score (nSPS) is 9.75. The highest BCUT2D eigenvalue weighted by Crippen LogP contribution is 2.01. The molecule has 1 aromatic rings. The van der Waals surface area contributed by atoms with E-state index < -0.39 is 5.91 Å². The fourth-order valence-corrected chi connectivity index (χ4v) is 0.858. The number of ether oxygens (including phenoxy) is 1. The zero-order valence-corrected chi connectivity index (χ0v) is 6.78. The molecule has 0 unspecified atom stereocenters.